The van der Waals surface area contributed by atoms with E-state index in [4.69, 9.17) is 16.2 Å². The second kappa shape index (κ2) is 6.12. The number of rotatable bonds is 5. The molecule has 0 aromatic heterocycles. The van der Waals surface area contributed by atoms with Crippen molar-refractivity contribution in [1.82, 2.24) is 4.90 Å². The summed E-state index contributed by atoms with van der Waals surface area (Å²) < 4.78 is 14.1. The third-order valence-electron chi connectivity index (χ3n) is 3.67. The molecule has 0 radical (unpaired) electrons. The SMILES string of the molecule is N=C(N)c1cccc(CN2CCC(CCO)C2)c1F. The van der Waals surface area contributed by atoms with Gasteiger partial charge in [0.15, 0.2) is 0 Å². The zero-order valence-corrected chi connectivity index (χ0v) is 10.9. The Balaban J connectivity index is 2.04. The number of aliphatic hydroxyl groups excluding tert-OH is 1. The molecule has 0 bridgehead atoms. The van der Waals surface area contributed by atoms with E-state index < -0.39 is 0 Å². The van der Waals surface area contributed by atoms with Gasteiger partial charge in [-0.3, -0.25) is 10.3 Å². The number of nitrogens with one attached hydrogen (secondary N) is 1. The van der Waals surface area contributed by atoms with Crippen molar-refractivity contribution in [2.75, 3.05) is 19.7 Å². The number of hydrogen-bond donors (Lipinski definition) is 3. The van der Waals surface area contributed by atoms with Crippen LogP contribution in [0.15, 0.2) is 18.2 Å². The minimum atomic E-state index is -0.388. The molecule has 4 N–H and O–H groups in total. The molecule has 1 atom stereocenters. The number of benzene rings is 1. The Morgan fingerprint density at radius 1 is 1.53 bits per heavy atom. The van der Waals surface area contributed by atoms with Gasteiger partial charge in [-0.15, -0.1) is 0 Å². The van der Waals surface area contributed by atoms with Gasteiger partial charge >= 0.3 is 0 Å². The number of aliphatic hydroxyl groups is 1. The monoisotopic (exact) mass is 265 g/mol. The molecule has 4 nitrogen and oxygen atoms in total. The van der Waals surface area contributed by atoms with Gasteiger partial charge < -0.3 is 10.8 Å². The quantitative estimate of drug-likeness (QED) is 0.555. The highest BCUT2D eigenvalue weighted by Crippen LogP contribution is 2.22. The predicted octanol–water partition coefficient (Wildman–Crippen LogP) is 1.31. The van der Waals surface area contributed by atoms with Crippen molar-refractivity contribution in [2.45, 2.75) is 19.4 Å². The first-order valence-corrected chi connectivity index (χ1v) is 6.56. The average Bonchev–Trinajstić information content (AvgIpc) is 2.79. The van der Waals surface area contributed by atoms with Crippen molar-refractivity contribution >= 4 is 5.84 Å². The number of nitrogens with zero attached hydrogens (tertiary/aromatic N) is 1. The third kappa shape index (κ3) is 3.30. The number of halogens is 1. The van der Waals surface area contributed by atoms with Crippen LogP contribution < -0.4 is 5.73 Å². The van der Waals surface area contributed by atoms with Crippen LogP contribution in [0, 0.1) is 17.1 Å². The van der Waals surface area contributed by atoms with Gasteiger partial charge in [0.2, 0.25) is 0 Å². The summed E-state index contributed by atoms with van der Waals surface area (Å²) in [7, 11) is 0. The number of hydrogen-bond acceptors (Lipinski definition) is 3. The van der Waals surface area contributed by atoms with E-state index in [1.54, 1.807) is 12.1 Å². The molecule has 1 saturated heterocycles. The molecule has 1 aliphatic rings. The van der Waals surface area contributed by atoms with E-state index in [1.165, 1.54) is 6.07 Å². The average molecular weight is 265 g/mol. The molecule has 1 heterocycles. The molecule has 1 aromatic rings. The highest BCUT2D eigenvalue weighted by Gasteiger charge is 2.23. The van der Waals surface area contributed by atoms with Gasteiger partial charge in [-0.25, -0.2) is 4.39 Å². The fraction of sp³-hybridized carbons (Fsp3) is 0.500. The smallest absolute Gasteiger partial charge is 0.138 e. The van der Waals surface area contributed by atoms with E-state index in [0.717, 1.165) is 25.9 Å². The predicted molar refractivity (Wildman–Crippen MR) is 72.5 cm³/mol. The molecule has 1 unspecified atom stereocenters. The zero-order chi connectivity index (χ0) is 13.8. The van der Waals surface area contributed by atoms with Crippen molar-refractivity contribution in [1.29, 1.82) is 5.41 Å². The van der Waals surface area contributed by atoms with Crippen molar-refractivity contribution < 1.29 is 9.50 Å². The van der Waals surface area contributed by atoms with Crippen LogP contribution in [-0.4, -0.2) is 35.5 Å². The summed E-state index contributed by atoms with van der Waals surface area (Å²) in [6.45, 7) is 2.57. The lowest BCUT2D eigenvalue weighted by Crippen LogP contribution is -2.22. The van der Waals surface area contributed by atoms with E-state index in [1.807, 2.05) is 0 Å². The van der Waals surface area contributed by atoms with Crippen LogP contribution in [0.3, 0.4) is 0 Å². The molecule has 0 aliphatic carbocycles. The Bertz CT molecular complexity index is 464. The molecule has 0 amide bonds. The number of nitrogen functional groups attached to an aromatic ring is 1. The summed E-state index contributed by atoms with van der Waals surface area (Å²) in [6, 6.07) is 5.00. The fourth-order valence-electron chi connectivity index (χ4n) is 2.63. The first-order chi connectivity index (χ1) is 9.11. The summed E-state index contributed by atoms with van der Waals surface area (Å²) >= 11 is 0. The minimum absolute atomic E-state index is 0.170. The standard InChI is InChI=1S/C14H20FN3O/c15-13-11(2-1-3-12(13)14(16)17)9-18-6-4-10(8-18)5-7-19/h1-3,10,19H,4-9H2,(H3,16,17). The molecule has 1 aromatic carbocycles. The topological polar surface area (TPSA) is 73.3 Å². The lowest BCUT2D eigenvalue weighted by atomic mass is 10.1. The van der Waals surface area contributed by atoms with Gasteiger partial charge in [-0.1, -0.05) is 12.1 Å². The lowest BCUT2D eigenvalue weighted by Gasteiger charge is -2.17. The van der Waals surface area contributed by atoms with Crippen LogP contribution in [0.25, 0.3) is 0 Å². The molecule has 1 aliphatic heterocycles. The maximum Gasteiger partial charge on any atom is 0.138 e. The molecule has 2 rings (SSSR count). The normalized spacial score (nSPS) is 19.8. The molecule has 0 saturated carbocycles. The maximum absolute atomic E-state index is 14.1. The van der Waals surface area contributed by atoms with Crippen molar-refractivity contribution in [2.24, 2.45) is 11.7 Å². The highest BCUT2D eigenvalue weighted by molar-refractivity contribution is 5.95. The fourth-order valence-corrected chi connectivity index (χ4v) is 2.63. The first-order valence-electron chi connectivity index (χ1n) is 6.56. The molecule has 104 valence electrons. The molecular formula is C14H20FN3O. The lowest BCUT2D eigenvalue weighted by molar-refractivity contribution is 0.248. The molecule has 1 fully saturated rings. The van der Waals surface area contributed by atoms with Crippen LogP contribution in [0.2, 0.25) is 0 Å². The van der Waals surface area contributed by atoms with Crippen molar-refractivity contribution in [3.63, 3.8) is 0 Å². The Labute approximate surface area is 112 Å². The second-order valence-electron chi connectivity index (χ2n) is 5.09. The summed E-state index contributed by atoms with van der Waals surface area (Å²) in [4.78, 5) is 2.18. The Kier molecular flexibility index (Phi) is 4.50. The number of amidine groups is 1. The number of likely N-dealkylation sites (tertiary alicyclic amines) is 1. The highest BCUT2D eigenvalue weighted by atomic mass is 19.1. The summed E-state index contributed by atoms with van der Waals surface area (Å²) in [5, 5.41) is 16.3. The third-order valence-corrected chi connectivity index (χ3v) is 3.67. The zero-order valence-electron chi connectivity index (χ0n) is 10.9. The van der Waals surface area contributed by atoms with Crippen LogP contribution in [-0.2, 0) is 6.54 Å². The Morgan fingerprint density at radius 2 is 2.32 bits per heavy atom. The van der Waals surface area contributed by atoms with E-state index in [-0.39, 0.29) is 23.8 Å². The largest absolute Gasteiger partial charge is 0.396 e. The van der Waals surface area contributed by atoms with Gasteiger partial charge in [-0.05, 0) is 31.4 Å². The summed E-state index contributed by atoms with van der Waals surface area (Å²) in [5.41, 5.74) is 6.11. The van der Waals surface area contributed by atoms with Gasteiger partial charge in [0.05, 0.1) is 5.56 Å². The van der Waals surface area contributed by atoms with Crippen molar-refractivity contribution in [3.8, 4) is 0 Å². The first kappa shape index (κ1) is 14.0. The van der Waals surface area contributed by atoms with Crippen LogP contribution >= 0.6 is 0 Å². The van der Waals surface area contributed by atoms with E-state index in [9.17, 15) is 4.39 Å². The molecule has 0 spiro atoms. The van der Waals surface area contributed by atoms with E-state index >= 15 is 0 Å². The maximum atomic E-state index is 14.1. The molecule has 5 heteroatoms. The van der Waals surface area contributed by atoms with Gasteiger partial charge in [0, 0.05) is 25.3 Å². The van der Waals surface area contributed by atoms with E-state index in [2.05, 4.69) is 4.90 Å². The number of nitrogens with two attached hydrogens (primary N) is 1. The second-order valence-corrected chi connectivity index (χ2v) is 5.09. The Hall–Kier alpha value is -1.46. The summed E-state index contributed by atoms with van der Waals surface area (Å²) in [5.74, 6) is -0.122. The summed E-state index contributed by atoms with van der Waals surface area (Å²) in [6.07, 6.45) is 1.86. The van der Waals surface area contributed by atoms with E-state index in [0.29, 0.717) is 18.0 Å². The van der Waals surface area contributed by atoms with Crippen LogP contribution in [0.1, 0.15) is 24.0 Å². The van der Waals surface area contributed by atoms with Crippen LogP contribution in [0.4, 0.5) is 4.39 Å². The van der Waals surface area contributed by atoms with Gasteiger partial charge in [0.1, 0.15) is 11.7 Å². The molecule has 19 heavy (non-hydrogen) atoms. The van der Waals surface area contributed by atoms with Gasteiger partial charge in [-0.2, -0.15) is 0 Å². The Morgan fingerprint density at radius 3 is 3.00 bits per heavy atom. The minimum Gasteiger partial charge on any atom is -0.396 e. The van der Waals surface area contributed by atoms with Crippen molar-refractivity contribution in [3.05, 3.63) is 35.1 Å². The van der Waals surface area contributed by atoms with Gasteiger partial charge in [0.25, 0.3) is 0 Å². The van der Waals surface area contributed by atoms with Crippen LogP contribution in [0.5, 0.6) is 0 Å². The molecular weight excluding hydrogens is 245 g/mol.